The predicted molar refractivity (Wildman–Crippen MR) is 199 cm³/mol. The minimum absolute atomic E-state index is 0.268. The molecule has 1 aromatic heterocycles. The highest BCUT2D eigenvalue weighted by atomic mass is 16.6. The molecule has 0 bridgehead atoms. The van der Waals surface area contributed by atoms with E-state index in [0.717, 1.165) is 48.4 Å². The second-order valence-electron chi connectivity index (χ2n) is 13.3. The van der Waals surface area contributed by atoms with E-state index in [2.05, 4.69) is 148 Å². The average molecular weight is 640 g/mol. The molecule has 0 amide bonds. The first kappa shape index (κ1) is 32.2. The van der Waals surface area contributed by atoms with Crippen LogP contribution in [-0.4, -0.2) is 40.2 Å². The number of aromatic nitrogens is 1. The van der Waals surface area contributed by atoms with E-state index in [1.54, 1.807) is 0 Å². The molecule has 5 heteroatoms. The van der Waals surface area contributed by atoms with Crippen LogP contribution < -0.4 is 4.90 Å². The fraction of sp³-hybridized carbons (Fsp3) is 0.349. The Morgan fingerprint density at radius 1 is 0.917 bits per heavy atom. The van der Waals surface area contributed by atoms with E-state index in [9.17, 15) is 5.11 Å². The van der Waals surface area contributed by atoms with Crippen molar-refractivity contribution < 1.29 is 9.84 Å². The van der Waals surface area contributed by atoms with Gasteiger partial charge in [-0.2, -0.15) is 0 Å². The average Bonchev–Trinajstić information content (AvgIpc) is 3.68. The van der Waals surface area contributed by atoms with Crippen LogP contribution in [0.15, 0.2) is 114 Å². The molecule has 3 aromatic carbocycles. The number of aryl methyl sites for hydroxylation is 1. The standard InChI is InChI=1S/C43H49N3O2/c1-8-44(9-2)32-25-23-31(24-26-32)43(37-21-14-12-18-33(37)42(47)48-43)27-36(39-29(6)45(10-3)38-22-15-13-19-34(38)39)40-30(7)46(11-4)41-28(5)17-16-20-35(40)41/h12-28,41-42,47H,8-11H2,1-7H3. The summed E-state index contributed by atoms with van der Waals surface area (Å²) in [5.41, 5.74) is 11.7. The summed E-state index contributed by atoms with van der Waals surface area (Å²) in [6, 6.07) is 26.0. The van der Waals surface area contributed by atoms with Crippen molar-refractivity contribution in [1.29, 1.82) is 0 Å². The van der Waals surface area contributed by atoms with Crippen LogP contribution in [0.3, 0.4) is 0 Å². The summed E-state index contributed by atoms with van der Waals surface area (Å²) >= 11 is 0. The first-order valence-corrected chi connectivity index (χ1v) is 17.8. The van der Waals surface area contributed by atoms with E-state index in [1.807, 2.05) is 12.1 Å². The highest BCUT2D eigenvalue weighted by Gasteiger charge is 2.47. The lowest BCUT2D eigenvalue weighted by Crippen LogP contribution is -2.35. The highest BCUT2D eigenvalue weighted by molar-refractivity contribution is 6.01. The minimum Gasteiger partial charge on any atom is -0.372 e. The normalized spacial score (nSPS) is 23.6. The molecule has 0 saturated heterocycles. The van der Waals surface area contributed by atoms with Crippen molar-refractivity contribution in [3.63, 3.8) is 0 Å². The monoisotopic (exact) mass is 639 g/mol. The van der Waals surface area contributed by atoms with Crippen LogP contribution in [0.1, 0.15) is 75.8 Å². The molecule has 2 aliphatic heterocycles. The summed E-state index contributed by atoms with van der Waals surface area (Å²) < 4.78 is 9.32. The number of ether oxygens (including phenoxy) is 1. The van der Waals surface area contributed by atoms with Gasteiger partial charge in [0.15, 0.2) is 6.29 Å². The van der Waals surface area contributed by atoms with Crippen molar-refractivity contribution in [1.82, 2.24) is 9.47 Å². The Bertz CT molecular complexity index is 1970. The largest absolute Gasteiger partial charge is 0.372 e. The van der Waals surface area contributed by atoms with Crippen molar-refractivity contribution in [3.8, 4) is 0 Å². The number of para-hydroxylation sites is 1. The van der Waals surface area contributed by atoms with Gasteiger partial charge in [0.1, 0.15) is 5.60 Å². The molecule has 0 spiro atoms. The van der Waals surface area contributed by atoms with Gasteiger partial charge in [-0.15, -0.1) is 0 Å². The Kier molecular flexibility index (Phi) is 8.47. The van der Waals surface area contributed by atoms with Crippen molar-refractivity contribution >= 4 is 22.2 Å². The number of likely N-dealkylation sites (N-methyl/N-ethyl adjacent to an activating group) is 1. The lowest BCUT2D eigenvalue weighted by Gasteiger charge is -2.33. The molecule has 5 nitrogen and oxygen atoms in total. The number of hydrogen-bond acceptors (Lipinski definition) is 4. The fourth-order valence-electron chi connectivity index (χ4n) is 8.78. The van der Waals surface area contributed by atoms with Crippen LogP contribution in [0.2, 0.25) is 0 Å². The zero-order valence-electron chi connectivity index (χ0n) is 29.5. The van der Waals surface area contributed by atoms with Crippen LogP contribution >= 0.6 is 0 Å². The molecule has 1 N–H and O–H groups in total. The molecule has 1 aliphatic carbocycles. The molecule has 0 saturated carbocycles. The molecule has 48 heavy (non-hydrogen) atoms. The number of hydrogen-bond donors (Lipinski definition) is 1. The maximum absolute atomic E-state index is 11.6. The molecular formula is C43H49N3O2. The molecule has 4 aromatic rings. The molecule has 248 valence electrons. The number of aliphatic hydroxyl groups is 1. The highest BCUT2D eigenvalue weighted by Crippen LogP contribution is 2.53. The summed E-state index contributed by atoms with van der Waals surface area (Å²) in [7, 11) is 0. The van der Waals surface area contributed by atoms with Crippen LogP contribution in [0, 0.1) is 12.8 Å². The number of benzene rings is 3. The van der Waals surface area contributed by atoms with Gasteiger partial charge in [-0.3, -0.25) is 0 Å². The number of fused-ring (bicyclic) bond motifs is 3. The summed E-state index contributed by atoms with van der Waals surface area (Å²) in [6.07, 6.45) is 8.19. The van der Waals surface area contributed by atoms with Gasteiger partial charge in [-0.1, -0.05) is 79.7 Å². The third kappa shape index (κ3) is 4.82. The first-order chi connectivity index (χ1) is 23.3. The van der Waals surface area contributed by atoms with Crippen molar-refractivity contribution in [2.75, 3.05) is 24.5 Å². The third-order valence-corrected chi connectivity index (χ3v) is 11.0. The Labute approximate surface area is 286 Å². The molecule has 7 rings (SSSR count). The predicted octanol–water partition coefficient (Wildman–Crippen LogP) is 9.27. The van der Waals surface area contributed by atoms with Crippen LogP contribution in [-0.2, 0) is 16.9 Å². The van der Waals surface area contributed by atoms with Gasteiger partial charge in [0.05, 0.1) is 6.04 Å². The number of nitrogens with zero attached hydrogens (tertiary/aromatic N) is 3. The van der Waals surface area contributed by atoms with Crippen molar-refractivity contribution in [2.24, 2.45) is 5.92 Å². The third-order valence-electron chi connectivity index (χ3n) is 11.0. The topological polar surface area (TPSA) is 40.9 Å². The summed E-state index contributed by atoms with van der Waals surface area (Å²) in [5.74, 6) is 0.378. The zero-order chi connectivity index (χ0) is 33.7. The van der Waals surface area contributed by atoms with Gasteiger partial charge in [-0.05, 0) is 88.4 Å². The van der Waals surface area contributed by atoms with E-state index in [4.69, 9.17) is 4.74 Å². The molecule has 3 aliphatic rings. The van der Waals surface area contributed by atoms with Crippen LogP contribution in [0.25, 0.3) is 16.5 Å². The van der Waals surface area contributed by atoms with E-state index < -0.39 is 11.9 Å². The maximum Gasteiger partial charge on any atom is 0.183 e. The lowest BCUT2D eigenvalue weighted by molar-refractivity contribution is -0.137. The zero-order valence-corrected chi connectivity index (χ0v) is 29.5. The fourth-order valence-corrected chi connectivity index (χ4v) is 8.78. The summed E-state index contributed by atoms with van der Waals surface area (Å²) in [6.45, 7) is 19.4. The van der Waals surface area contributed by atoms with Gasteiger partial charge in [0.25, 0.3) is 0 Å². The molecular weight excluding hydrogens is 590 g/mol. The second-order valence-corrected chi connectivity index (χ2v) is 13.3. The molecule has 4 atom stereocenters. The first-order valence-electron chi connectivity index (χ1n) is 17.8. The Morgan fingerprint density at radius 3 is 2.33 bits per heavy atom. The second kappa shape index (κ2) is 12.6. The lowest BCUT2D eigenvalue weighted by atomic mass is 9.78. The van der Waals surface area contributed by atoms with Gasteiger partial charge in [0, 0.05) is 76.4 Å². The van der Waals surface area contributed by atoms with E-state index in [-0.39, 0.29) is 6.04 Å². The molecule has 3 heterocycles. The van der Waals surface area contributed by atoms with E-state index in [0.29, 0.717) is 5.92 Å². The quantitative estimate of drug-likeness (QED) is 0.198. The molecule has 0 radical (unpaired) electrons. The Balaban J connectivity index is 1.58. The van der Waals surface area contributed by atoms with Gasteiger partial charge < -0.3 is 24.2 Å². The van der Waals surface area contributed by atoms with E-state index in [1.165, 1.54) is 44.7 Å². The number of allylic oxidation sites excluding steroid dienone is 4. The summed E-state index contributed by atoms with van der Waals surface area (Å²) in [5, 5.41) is 12.8. The molecule has 0 fully saturated rings. The number of aliphatic hydroxyl groups excluding tert-OH is 1. The van der Waals surface area contributed by atoms with Crippen molar-refractivity contribution in [2.45, 2.75) is 72.9 Å². The smallest absolute Gasteiger partial charge is 0.183 e. The summed E-state index contributed by atoms with van der Waals surface area (Å²) in [4.78, 5) is 4.93. The minimum atomic E-state index is -1.05. The van der Waals surface area contributed by atoms with Crippen LogP contribution in [0.5, 0.6) is 0 Å². The van der Waals surface area contributed by atoms with Gasteiger partial charge >= 0.3 is 0 Å². The molecule has 4 unspecified atom stereocenters. The van der Waals surface area contributed by atoms with Gasteiger partial charge in [0.2, 0.25) is 0 Å². The van der Waals surface area contributed by atoms with Crippen LogP contribution in [0.4, 0.5) is 5.69 Å². The van der Waals surface area contributed by atoms with E-state index >= 15 is 0 Å². The number of rotatable bonds is 9. The SMILES string of the molecule is CCN(CC)c1ccc(C2(C=C(C3=C(C)N(CC)C4C3=CC=CC4C)c3c(C)n(CC)c4ccccc34)OC(O)c3ccccc32)cc1. The number of anilines is 1. The Hall–Kier alpha value is -4.32. The van der Waals surface area contributed by atoms with Crippen molar-refractivity contribution in [3.05, 3.63) is 142 Å². The Morgan fingerprint density at radius 2 is 1.62 bits per heavy atom. The maximum atomic E-state index is 11.6. The van der Waals surface area contributed by atoms with Gasteiger partial charge in [-0.25, -0.2) is 0 Å².